The van der Waals surface area contributed by atoms with E-state index >= 15 is 0 Å². The van der Waals surface area contributed by atoms with Gasteiger partial charge in [0.2, 0.25) is 0 Å². The first-order chi connectivity index (χ1) is 8.97. The van der Waals surface area contributed by atoms with Crippen LogP contribution in [0.4, 0.5) is 4.39 Å². The van der Waals surface area contributed by atoms with Crippen LogP contribution >= 0.6 is 11.6 Å². The minimum absolute atomic E-state index is 0.373. The van der Waals surface area contributed by atoms with Crippen molar-refractivity contribution in [3.63, 3.8) is 0 Å². The Labute approximate surface area is 120 Å². The zero-order valence-corrected chi connectivity index (χ0v) is 12.3. The van der Waals surface area contributed by atoms with Crippen LogP contribution in [0, 0.1) is 6.92 Å². The van der Waals surface area contributed by atoms with E-state index in [-0.39, 0.29) is 0 Å². The molecule has 0 aromatic heterocycles. The molecule has 0 heterocycles. The number of benzene rings is 1. The number of allylic oxidation sites excluding steroid dienone is 1. The molecule has 19 heavy (non-hydrogen) atoms. The lowest BCUT2D eigenvalue weighted by atomic mass is 10.1. The third-order valence-corrected chi connectivity index (χ3v) is 4.88. The summed E-state index contributed by atoms with van der Waals surface area (Å²) in [4.78, 5) is 0.566. The van der Waals surface area contributed by atoms with Crippen molar-refractivity contribution < 1.29 is 13.7 Å². The summed E-state index contributed by atoms with van der Waals surface area (Å²) in [6, 6.07) is 7.11. The van der Waals surface area contributed by atoms with Gasteiger partial charge >= 0.3 is 0 Å². The normalized spacial score (nSPS) is 17.5. The van der Waals surface area contributed by atoms with E-state index in [4.69, 9.17) is 11.6 Å². The van der Waals surface area contributed by atoms with Crippen molar-refractivity contribution in [2.24, 2.45) is 0 Å². The minimum atomic E-state index is -1.93. The molecule has 1 aromatic rings. The van der Waals surface area contributed by atoms with Crippen LogP contribution in [0.25, 0.3) is 0 Å². The molecule has 2 nitrogen and oxygen atoms in total. The summed E-state index contributed by atoms with van der Waals surface area (Å²) < 4.78 is 25.5. The van der Waals surface area contributed by atoms with Gasteiger partial charge in [0.25, 0.3) is 0 Å². The van der Waals surface area contributed by atoms with Gasteiger partial charge in [-0.2, -0.15) is 0 Å². The Balaban J connectivity index is 2.92. The molecule has 5 heteroatoms. The molecule has 1 rings (SSSR count). The third kappa shape index (κ3) is 4.71. The highest BCUT2D eigenvalue weighted by Gasteiger charge is 2.31. The van der Waals surface area contributed by atoms with Crippen molar-refractivity contribution in [1.82, 2.24) is 0 Å². The number of hydrogen-bond donors (Lipinski definition) is 1. The molecule has 0 saturated carbocycles. The Morgan fingerprint density at radius 3 is 2.53 bits per heavy atom. The van der Waals surface area contributed by atoms with Crippen molar-refractivity contribution >= 4 is 22.4 Å². The maximum Gasteiger partial charge on any atom is 0.200 e. The summed E-state index contributed by atoms with van der Waals surface area (Å²) in [5, 5.41) is 9.02. The van der Waals surface area contributed by atoms with Gasteiger partial charge in [0.15, 0.2) is 5.63 Å². The molecule has 0 spiro atoms. The van der Waals surface area contributed by atoms with Crippen LogP contribution in [-0.4, -0.2) is 26.3 Å². The molecule has 0 aliphatic rings. The fraction of sp³-hybridized carbons (Fsp3) is 0.429. The van der Waals surface area contributed by atoms with Crippen LogP contribution in [0.2, 0.25) is 0 Å². The second-order valence-electron chi connectivity index (χ2n) is 4.34. The van der Waals surface area contributed by atoms with Gasteiger partial charge in [-0.25, -0.2) is 4.39 Å². The van der Waals surface area contributed by atoms with Gasteiger partial charge in [0, 0.05) is 4.90 Å². The van der Waals surface area contributed by atoms with Gasteiger partial charge in [0.1, 0.15) is 6.10 Å². The molecular weight excluding hydrogens is 287 g/mol. The first-order valence-electron chi connectivity index (χ1n) is 6.01. The predicted octanol–water partition coefficient (Wildman–Crippen LogP) is 3.33. The van der Waals surface area contributed by atoms with Gasteiger partial charge in [-0.05, 0) is 31.9 Å². The van der Waals surface area contributed by atoms with E-state index in [2.05, 4.69) is 6.58 Å². The molecule has 2 unspecified atom stereocenters. The molecule has 0 radical (unpaired) electrons. The summed E-state index contributed by atoms with van der Waals surface area (Å²) in [5.41, 5.74) is -0.881. The first-order valence-corrected chi connectivity index (χ1v) is 7.66. The average Bonchev–Trinajstić information content (AvgIpc) is 2.39. The smallest absolute Gasteiger partial charge is 0.200 e. The summed E-state index contributed by atoms with van der Waals surface area (Å²) in [6.07, 6.45) is 1.11. The Hall–Kier alpha value is -0.710. The number of aliphatic hydroxyl groups is 1. The largest absolute Gasteiger partial charge is 0.387 e. The average molecular weight is 305 g/mol. The summed E-state index contributed by atoms with van der Waals surface area (Å²) >= 11 is 5.28. The fourth-order valence-electron chi connectivity index (χ4n) is 1.70. The van der Waals surface area contributed by atoms with E-state index in [0.717, 1.165) is 5.56 Å². The Bertz CT molecular complexity index is 434. The molecule has 0 aliphatic heterocycles. The number of hydrogen-bond acceptors (Lipinski definition) is 2. The van der Waals surface area contributed by atoms with Crippen molar-refractivity contribution in [3.05, 3.63) is 42.5 Å². The molecule has 1 N–H and O–H groups in total. The summed E-state index contributed by atoms with van der Waals surface area (Å²) in [5.74, 6) is 0. The number of halogens is 2. The standard InChI is InChI=1S/C14H18ClFO2S/c1-3-4-5-12(13(17)14(15)16)19(18)11-8-6-10(2)7-9-11/h3,6-9,12-14,17H,1,4-5H2,2H3/t12-,13-,14?,19?/m1/s1. The number of aryl methyl sites for hydroxylation is 1. The lowest BCUT2D eigenvalue weighted by Gasteiger charge is -2.22. The molecular formula is C14H18ClFO2S. The van der Waals surface area contributed by atoms with Crippen LogP contribution in [0.5, 0.6) is 0 Å². The molecule has 0 amide bonds. The highest BCUT2D eigenvalue weighted by molar-refractivity contribution is 7.85. The Morgan fingerprint density at radius 1 is 1.47 bits per heavy atom. The van der Waals surface area contributed by atoms with E-state index < -0.39 is 27.8 Å². The molecule has 0 bridgehead atoms. The molecule has 4 atom stereocenters. The van der Waals surface area contributed by atoms with Crippen LogP contribution in [0.3, 0.4) is 0 Å². The molecule has 0 aliphatic carbocycles. The fourth-order valence-corrected chi connectivity index (χ4v) is 3.45. The van der Waals surface area contributed by atoms with Crippen LogP contribution in [0.15, 0.2) is 41.8 Å². The highest BCUT2D eigenvalue weighted by atomic mass is 35.5. The zero-order valence-electron chi connectivity index (χ0n) is 10.8. The van der Waals surface area contributed by atoms with Gasteiger partial charge < -0.3 is 5.11 Å². The van der Waals surface area contributed by atoms with E-state index in [1.807, 2.05) is 19.1 Å². The van der Waals surface area contributed by atoms with E-state index in [1.54, 1.807) is 18.2 Å². The molecule has 0 saturated heterocycles. The highest BCUT2D eigenvalue weighted by Crippen LogP contribution is 2.23. The molecule has 106 valence electrons. The first kappa shape index (κ1) is 16.3. The van der Waals surface area contributed by atoms with E-state index in [0.29, 0.717) is 17.7 Å². The monoisotopic (exact) mass is 304 g/mol. The number of rotatable bonds is 7. The zero-order chi connectivity index (χ0) is 14.4. The Kier molecular flexibility index (Phi) is 6.69. The van der Waals surface area contributed by atoms with E-state index in [9.17, 15) is 13.7 Å². The maximum absolute atomic E-state index is 13.1. The summed E-state index contributed by atoms with van der Waals surface area (Å²) in [7, 11) is -1.50. The van der Waals surface area contributed by atoms with Gasteiger partial charge in [-0.3, -0.25) is 4.21 Å². The van der Waals surface area contributed by atoms with E-state index in [1.165, 1.54) is 0 Å². The quantitative estimate of drug-likeness (QED) is 0.620. The van der Waals surface area contributed by atoms with Crippen molar-refractivity contribution in [2.75, 3.05) is 0 Å². The SMILES string of the molecule is C=CCC[C@H]([C@@H](O)C(F)Cl)S(=O)c1ccc(C)cc1. The predicted molar refractivity (Wildman–Crippen MR) is 77.6 cm³/mol. The second kappa shape index (κ2) is 7.78. The molecule has 1 aromatic carbocycles. The van der Waals surface area contributed by atoms with Crippen molar-refractivity contribution in [3.8, 4) is 0 Å². The van der Waals surface area contributed by atoms with Gasteiger partial charge in [-0.15, -0.1) is 6.58 Å². The minimum Gasteiger partial charge on any atom is -0.387 e. The van der Waals surface area contributed by atoms with Crippen LogP contribution in [-0.2, 0) is 10.8 Å². The number of alkyl halides is 2. The third-order valence-electron chi connectivity index (χ3n) is 2.82. The van der Waals surface area contributed by atoms with Gasteiger partial charge in [0.05, 0.1) is 16.0 Å². The van der Waals surface area contributed by atoms with Crippen LogP contribution in [0.1, 0.15) is 18.4 Å². The Morgan fingerprint density at radius 2 is 2.05 bits per heavy atom. The second-order valence-corrected chi connectivity index (χ2v) is 6.43. The van der Waals surface area contributed by atoms with Crippen molar-refractivity contribution in [2.45, 2.75) is 41.6 Å². The van der Waals surface area contributed by atoms with Crippen molar-refractivity contribution in [1.29, 1.82) is 0 Å². The number of aliphatic hydroxyl groups excluding tert-OH is 1. The molecule has 0 fully saturated rings. The van der Waals surface area contributed by atoms with Gasteiger partial charge in [-0.1, -0.05) is 35.4 Å². The topological polar surface area (TPSA) is 37.3 Å². The van der Waals surface area contributed by atoms with Crippen LogP contribution < -0.4 is 0 Å². The maximum atomic E-state index is 13.1. The summed E-state index contributed by atoms with van der Waals surface area (Å²) in [6.45, 7) is 5.50. The lowest BCUT2D eigenvalue weighted by molar-refractivity contribution is 0.113. The lowest BCUT2D eigenvalue weighted by Crippen LogP contribution is -2.35.